The van der Waals surface area contributed by atoms with Crippen molar-refractivity contribution in [2.24, 2.45) is 0 Å². The summed E-state index contributed by atoms with van der Waals surface area (Å²) < 4.78 is 18.6. The Bertz CT molecular complexity index is 1250. The van der Waals surface area contributed by atoms with Crippen LogP contribution in [0.25, 0.3) is 10.2 Å². The summed E-state index contributed by atoms with van der Waals surface area (Å²) in [7, 11) is 0. The van der Waals surface area contributed by atoms with Crippen molar-refractivity contribution in [3.63, 3.8) is 0 Å². The van der Waals surface area contributed by atoms with Crippen molar-refractivity contribution in [1.82, 2.24) is 10.3 Å². The normalized spacial score (nSPS) is 11.9. The van der Waals surface area contributed by atoms with E-state index >= 15 is 0 Å². The van der Waals surface area contributed by atoms with E-state index in [1.165, 1.54) is 18.3 Å². The van der Waals surface area contributed by atoms with Gasteiger partial charge in [0.1, 0.15) is 23.0 Å². The van der Waals surface area contributed by atoms with Gasteiger partial charge in [0, 0.05) is 13.5 Å². The van der Waals surface area contributed by atoms with Crippen LogP contribution in [0.3, 0.4) is 0 Å². The Labute approximate surface area is 203 Å². The number of ether oxygens (including phenoxy) is 3. The van der Waals surface area contributed by atoms with Gasteiger partial charge >= 0.3 is 0 Å². The lowest BCUT2D eigenvalue weighted by atomic mass is 10.0. The predicted octanol–water partition coefficient (Wildman–Crippen LogP) is 6.91. The van der Waals surface area contributed by atoms with E-state index in [2.05, 4.69) is 23.3 Å². The van der Waals surface area contributed by atoms with Gasteiger partial charge in [0.25, 0.3) is 5.19 Å². The Kier molecular flexibility index (Phi) is 7.33. The summed E-state index contributed by atoms with van der Waals surface area (Å²) in [5.41, 5.74) is 2.04. The molecule has 1 unspecified atom stereocenters. The Morgan fingerprint density at radius 1 is 0.882 bits per heavy atom. The van der Waals surface area contributed by atoms with Crippen LogP contribution < -0.4 is 19.5 Å². The fourth-order valence-electron chi connectivity index (χ4n) is 3.36. The van der Waals surface area contributed by atoms with Crippen LogP contribution in [0.15, 0.2) is 66.7 Å². The molecule has 1 atom stereocenters. The van der Waals surface area contributed by atoms with E-state index in [0.717, 1.165) is 27.3 Å². The van der Waals surface area contributed by atoms with Gasteiger partial charge in [-0.3, -0.25) is 4.79 Å². The summed E-state index contributed by atoms with van der Waals surface area (Å²) in [4.78, 5) is 15.8. The van der Waals surface area contributed by atoms with E-state index in [0.29, 0.717) is 23.2 Å². The van der Waals surface area contributed by atoms with Crippen molar-refractivity contribution in [3.8, 4) is 28.2 Å². The van der Waals surface area contributed by atoms with Crippen molar-refractivity contribution in [2.75, 3.05) is 6.54 Å². The third-order valence-corrected chi connectivity index (χ3v) is 5.98. The molecule has 6 nitrogen and oxygen atoms in total. The third-order valence-electron chi connectivity index (χ3n) is 5.08. The summed E-state index contributed by atoms with van der Waals surface area (Å²) in [6, 6.07) is 21.2. The number of benzene rings is 3. The highest BCUT2D eigenvalue weighted by molar-refractivity contribution is 7.20. The Morgan fingerprint density at radius 2 is 1.47 bits per heavy atom. The van der Waals surface area contributed by atoms with Crippen molar-refractivity contribution in [1.29, 1.82) is 0 Å². The average Bonchev–Trinajstić information content (AvgIpc) is 3.21. The molecule has 34 heavy (non-hydrogen) atoms. The SMILES string of the molecule is CC(=O)NCC(C)c1ccc2nc(Oc3ccc(Oc4ccc(OC(C)C)cc4)cc3)sc2c1. The van der Waals surface area contributed by atoms with Gasteiger partial charge < -0.3 is 19.5 Å². The molecule has 0 radical (unpaired) electrons. The minimum absolute atomic E-state index is 0.0213. The van der Waals surface area contributed by atoms with Crippen LogP contribution >= 0.6 is 11.3 Å². The van der Waals surface area contributed by atoms with E-state index in [1.807, 2.05) is 74.5 Å². The first-order chi connectivity index (χ1) is 16.4. The van der Waals surface area contributed by atoms with Gasteiger partial charge in [-0.05, 0) is 86.0 Å². The van der Waals surface area contributed by atoms with Gasteiger partial charge in [-0.2, -0.15) is 0 Å². The van der Waals surface area contributed by atoms with Crippen LogP contribution in [0.5, 0.6) is 28.2 Å². The average molecular weight is 477 g/mol. The number of hydrogen-bond donors (Lipinski definition) is 1. The topological polar surface area (TPSA) is 69.7 Å². The summed E-state index contributed by atoms with van der Waals surface area (Å²) in [6.45, 7) is 8.22. The smallest absolute Gasteiger partial charge is 0.279 e. The molecule has 3 aromatic carbocycles. The highest BCUT2D eigenvalue weighted by Gasteiger charge is 2.11. The standard InChI is InChI=1S/C27H28N2O4S/c1-17(2)31-21-6-8-22(9-7-21)32-23-10-12-24(13-11-23)33-27-29-25-14-5-20(15-26(25)34-27)18(3)16-28-19(4)30/h5-15,17-18H,16H2,1-4H3,(H,28,30). The van der Waals surface area contributed by atoms with Crippen LogP contribution in [0.2, 0.25) is 0 Å². The first-order valence-corrected chi connectivity index (χ1v) is 12.0. The molecule has 0 fully saturated rings. The van der Waals surface area contributed by atoms with Crippen LogP contribution in [-0.4, -0.2) is 23.5 Å². The number of thiazole rings is 1. The zero-order chi connectivity index (χ0) is 24.1. The molecule has 176 valence electrons. The van der Waals surface area contributed by atoms with Crippen molar-refractivity contribution in [3.05, 3.63) is 72.3 Å². The number of carbonyl (C=O) groups excluding carboxylic acids is 1. The number of rotatable bonds is 9. The quantitative estimate of drug-likeness (QED) is 0.284. The van der Waals surface area contributed by atoms with Gasteiger partial charge in [0.05, 0.1) is 16.3 Å². The van der Waals surface area contributed by atoms with Crippen LogP contribution in [0, 0.1) is 0 Å². The lowest BCUT2D eigenvalue weighted by Crippen LogP contribution is -2.24. The zero-order valence-corrected chi connectivity index (χ0v) is 20.5. The maximum Gasteiger partial charge on any atom is 0.279 e. The van der Waals surface area contributed by atoms with E-state index in [9.17, 15) is 4.79 Å². The molecule has 1 heterocycles. The Morgan fingerprint density at radius 3 is 2.06 bits per heavy atom. The van der Waals surface area contributed by atoms with Gasteiger partial charge in [-0.25, -0.2) is 4.98 Å². The largest absolute Gasteiger partial charge is 0.491 e. The number of carbonyl (C=O) groups is 1. The molecular weight excluding hydrogens is 448 g/mol. The van der Waals surface area contributed by atoms with Crippen molar-refractivity contribution in [2.45, 2.75) is 39.7 Å². The fourth-order valence-corrected chi connectivity index (χ4v) is 4.24. The second-order valence-electron chi connectivity index (χ2n) is 8.36. The van der Waals surface area contributed by atoms with Crippen molar-refractivity contribution >= 4 is 27.5 Å². The molecule has 0 aliphatic heterocycles. The number of nitrogens with zero attached hydrogens (tertiary/aromatic N) is 1. The van der Waals surface area contributed by atoms with Crippen molar-refractivity contribution < 1.29 is 19.0 Å². The third kappa shape index (κ3) is 6.26. The molecule has 0 bridgehead atoms. The van der Waals surface area contributed by atoms with E-state index in [-0.39, 0.29) is 17.9 Å². The zero-order valence-electron chi connectivity index (χ0n) is 19.7. The molecule has 4 aromatic rings. The number of hydrogen-bond acceptors (Lipinski definition) is 6. The first kappa shape index (κ1) is 23.6. The number of aromatic nitrogens is 1. The number of fused-ring (bicyclic) bond motifs is 1. The molecule has 0 aliphatic carbocycles. The molecule has 0 spiro atoms. The molecule has 0 aliphatic rings. The first-order valence-electron chi connectivity index (χ1n) is 11.2. The molecule has 0 saturated carbocycles. The number of nitrogens with one attached hydrogen (secondary N) is 1. The van der Waals surface area contributed by atoms with E-state index < -0.39 is 0 Å². The van der Waals surface area contributed by atoms with Gasteiger partial charge in [0.15, 0.2) is 0 Å². The van der Waals surface area contributed by atoms with Gasteiger partial charge in [-0.1, -0.05) is 24.3 Å². The Balaban J connectivity index is 1.38. The molecule has 1 aromatic heterocycles. The highest BCUT2D eigenvalue weighted by Crippen LogP contribution is 2.34. The lowest BCUT2D eigenvalue weighted by molar-refractivity contribution is -0.119. The van der Waals surface area contributed by atoms with E-state index in [4.69, 9.17) is 14.2 Å². The summed E-state index contributed by atoms with van der Waals surface area (Å²) >= 11 is 1.50. The molecular formula is C27H28N2O4S. The fraction of sp³-hybridized carbons (Fsp3) is 0.259. The minimum Gasteiger partial charge on any atom is -0.491 e. The highest BCUT2D eigenvalue weighted by atomic mass is 32.1. The monoisotopic (exact) mass is 476 g/mol. The summed E-state index contributed by atoms with van der Waals surface area (Å²) in [5, 5.41) is 3.45. The summed E-state index contributed by atoms with van der Waals surface area (Å²) in [6.07, 6.45) is 0.135. The Hall–Kier alpha value is -3.58. The molecule has 7 heteroatoms. The van der Waals surface area contributed by atoms with E-state index in [1.54, 1.807) is 0 Å². The summed E-state index contributed by atoms with van der Waals surface area (Å²) in [5.74, 6) is 3.15. The lowest BCUT2D eigenvalue weighted by Gasteiger charge is -2.11. The second-order valence-corrected chi connectivity index (χ2v) is 9.35. The van der Waals surface area contributed by atoms with Crippen LogP contribution in [0.1, 0.15) is 39.2 Å². The maximum atomic E-state index is 11.2. The molecule has 0 saturated heterocycles. The van der Waals surface area contributed by atoms with Gasteiger partial charge in [-0.15, -0.1) is 0 Å². The second kappa shape index (κ2) is 10.6. The van der Waals surface area contributed by atoms with Gasteiger partial charge in [0.2, 0.25) is 5.91 Å². The number of amides is 1. The minimum atomic E-state index is -0.0213. The predicted molar refractivity (Wildman–Crippen MR) is 136 cm³/mol. The molecule has 1 amide bonds. The molecule has 4 rings (SSSR count). The molecule has 1 N–H and O–H groups in total. The van der Waals surface area contributed by atoms with Crippen LogP contribution in [0.4, 0.5) is 0 Å². The maximum absolute atomic E-state index is 11.2. The van der Waals surface area contributed by atoms with Crippen LogP contribution in [-0.2, 0) is 4.79 Å².